The Bertz CT molecular complexity index is 2050. The highest BCUT2D eigenvalue weighted by Crippen LogP contribution is 2.43. The Labute approximate surface area is 288 Å². The molecule has 11 heteroatoms. The largest absolute Gasteiger partial charge is 0.392 e. The minimum atomic E-state index is -0.572. The molecule has 7 rings (SSSR count). The second-order valence-electron chi connectivity index (χ2n) is 12.1. The zero-order valence-electron chi connectivity index (χ0n) is 27.1. The minimum Gasteiger partial charge on any atom is -0.392 e. The number of aromatic nitrogens is 5. The molecular weight excluding hydrogens is 637 g/mol. The average Bonchev–Trinajstić information content (AvgIpc) is 3.57. The molecule has 10 nitrogen and oxygen atoms in total. The maximum atomic E-state index is 12.9. The third-order valence-electron chi connectivity index (χ3n) is 8.75. The van der Waals surface area contributed by atoms with Crippen molar-refractivity contribution < 1.29 is 19.4 Å². The first-order chi connectivity index (χ1) is 23.9. The molecule has 4 aromatic carbocycles. The van der Waals surface area contributed by atoms with Gasteiger partial charge in [0.15, 0.2) is 11.4 Å². The molecule has 1 aliphatic heterocycles. The summed E-state index contributed by atoms with van der Waals surface area (Å²) in [6, 6.07) is 31.7. The molecule has 1 fully saturated rings. The Balaban J connectivity index is 1.05. The predicted octanol–water partition coefficient (Wildman–Crippen LogP) is 6.43. The van der Waals surface area contributed by atoms with Crippen molar-refractivity contribution in [1.29, 1.82) is 0 Å². The number of aliphatic hydroxyl groups excluding tert-OH is 1. The molecule has 0 bridgehead atoms. The van der Waals surface area contributed by atoms with Gasteiger partial charge >= 0.3 is 0 Å². The minimum absolute atomic E-state index is 0.00549. The lowest BCUT2D eigenvalue weighted by molar-refractivity contribution is -0.268. The summed E-state index contributed by atoms with van der Waals surface area (Å²) in [5.74, 6) is 0.478. The molecule has 1 aliphatic rings. The first-order valence-corrected chi connectivity index (χ1v) is 17.1. The van der Waals surface area contributed by atoms with Gasteiger partial charge in [-0.05, 0) is 46.0 Å². The van der Waals surface area contributed by atoms with Gasteiger partial charge in [0.1, 0.15) is 12.0 Å². The molecule has 2 N–H and O–H groups in total. The Morgan fingerprint density at radius 2 is 1.67 bits per heavy atom. The van der Waals surface area contributed by atoms with Gasteiger partial charge in [-0.25, -0.2) is 4.98 Å². The smallest absolute Gasteiger partial charge is 0.271 e. The Morgan fingerprint density at radius 3 is 2.43 bits per heavy atom. The number of carbonyl (C=O) groups excluding carboxylic acids is 1. The fraction of sp³-hybridized carbons (Fsp3) is 0.237. The third kappa shape index (κ3) is 7.40. The molecule has 6 aromatic rings. The van der Waals surface area contributed by atoms with Crippen LogP contribution in [0.5, 0.6) is 0 Å². The van der Waals surface area contributed by atoms with Crippen molar-refractivity contribution in [3.8, 4) is 11.1 Å². The molecule has 2 aromatic heterocycles. The van der Waals surface area contributed by atoms with Crippen LogP contribution in [0.4, 0.5) is 0 Å². The van der Waals surface area contributed by atoms with E-state index in [-0.39, 0.29) is 36.3 Å². The zero-order chi connectivity index (χ0) is 33.7. The summed E-state index contributed by atoms with van der Waals surface area (Å²) in [4.78, 5) is 21.7. The van der Waals surface area contributed by atoms with E-state index in [4.69, 9.17) is 9.47 Å². The van der Waals surface area contributed by atoms with Crippen LogP contribution in [0.15, 0.2) is 115 Å². The number of rotatable bonds is 10. The Morgan fingerprint density at radius 1 is 0.898 bits per heavy atom. The lowest BCUT2D eigenvalue weighted by atomic mass is 9.91. The lowest BCUT2D eigenvalue weighted by Crippen LogP contribution is -2.38. The number of nitrogens with zero attached hydrogens (tertiary/aromatic N) is 5. The molecule has 1 amide bonds. The van der Waals surface area contributed by atoms with E-state index in [1.807, 2.05) is 84.4 Å². The number of hydrogen-bond acceptors (Lipinski definition) is 9. The van der Waals surface area contributed by atoms with E-state index in [9.17, 15) is 9.90 Å². The number of carbonyl (C=O) groups is 1. The summed E-state index contributed by atoms with van der Waals surface area (Å²) in [6.07, 6.45) is 2.31. The van der Waals surface area contributed by atoms with Gasteiger partial charge in [-0.15, -0.1) is 10.2 Å². The van der Waals surface area contributed by atoms with Crippen molar-refractivity contribution in [2.24, 2.45) is 13.0 Å². The highest BCUT2D eigenvalue weighted by atomic mass is 32.2. The number of thioether (sulfide) groups is 1. The van der Waals surface area contributed by atoms with Crippen LogP contribution < -0.4 is 5.32 Å². The topological polar surface area (TPSA) is 124 Å². The van der Waals surface area contributed by atoms with Crippen molar-refractivity contribution in [3.63, 3.8) is 0 Å². The normalized spacial score (nSPS) is 19.2. The van der Waals surface area contributed by atoms with Crippen molar-refractivity contribution in [1.82, 2.24) is 30.0 Å². The molecule has 0 unspecified atom stereocenters. The molecular formula is C38H36N6O4S. The second kappa shape index (κ2) is 14.7. The Kier molecular flexibility index (Phi) is 9.76. The van der Waals surface area contributed by atoms with Gasteiger partial charge in [-0.1, -0.05) is 97.5 Å². The number of aliphatic hydroxyl groups is 1. The van der Waals surface area contributed by atoms with Crippen molar-refractivity contribution >= 4 is 28.7 Å². The van der Waals surface area contributed by atoms with Gasteiger partial charge in [-0.3, -0.25) is 9.78 Å². The van der Waals surface area contributed by atoms with E-state index >= 15 is 0 Å². The molecule has 4 atom stereocenters. The maximum absolute atomic E-state index is 12.9. The van der Waals surface area contributed by atoms with E-state index in [1.54, 1.807) is 18.1 Å². The molecule has 0 spiro atoms. The zero-order valence-corrected chi connectivity index (χ0v) is 28.0. The highest BCUT2D eigenvalue weighted by molar-refractivity contribution is 7.99. The van der Waals surface area contributed by atoms with Crippen LogP contribution in [-0.2, 0) is 29.7 Å². The van der Waals surface area contributed by atoms with Crippen LogP contribution in [0.2, 0.25) is 0 Å². The molecule has 1 saturated heterocycles. The number of nitrogens with one attached hydrogen (secondary N) is 1. The highest BCUT2D eigenvalue weighted by Gasteiger charge is 2.38. The van der Waals surface area contributed by atoms with Crippen LogP contribution in [0.1, 0.15) is 52.1 Å². The van der Waals surface area contributed by atoms with Crippen LogP contribution in [-0.4, -0.2) is 47.6 Å². The quantitative estimate of drug-likeness (QED) is 0.158. The van der Waals surface area contributed by atoms with Crippen molar-refractivity contribution in [2.45, 2.75) is 43.7 Å². The monoisotopic (exact) mass is 672 g/mol. The van der Waals surface area contributed by atoms with Gasteiger partial charge < -0.3 is 24.5 Å². The van der Waals surface area contributed by atoms with E-state index in [1.165, 1.54) is 6.20 Å². The molecule has 0 aliphatic carbocycles. The van der Waals surface area contributed by atoms with Crippen molar-refractivity contribution in [3.05, 3.63) is 138 Å². The number of para-hydroxylation sites is 2. The van der Waals surface area contributed by atoms with Gasteiger partial charge in [0.05, 0.1) is 36.0 Å². The standard InChI is InChI=1S/C38H36N6O4S/c1-24-34(22-49-38-43-41-23-44(38)2)47-37(48-35(24)28-12-10-25(21-45)11-13-28)29-16-14-27(15-17-29)30-7-5-6-26(18-30)19-40-36(46)33-20-39-31-8-3-4-9-32(31)42-33/h3-18,20,23-24,34-35,37,45H,19,21-22H2,1-2H3,(H,40,46)/t24-,34+,35+,37+/m0/s1. The van der Waals surface area contributed by atoms with E-state index in [0.29, 0.717) is 17.8 Å². The van der Waals surface area contributed by atoms with E-state index < -0.39 is 6.29 Å². The van der Waals surface area contributed by atoms with Crippen LogP contribution >= 0.6 is 11.8 Å². The number of amides is 1. The number of hydrogen-bond donors (Lipinski definition) is 2. The summed E-state index contributed by atoms with van der Waals surface area (Å²) < 4.78 is 15.1. The number of fused-ring (bicyclic) bond motifs is 1. The first kappa shape index (κ1) is 32.6. The van der Waals surface area contributed by atoms with Crippen LogP contribution in [0.3, 0.4) is 0 Å². The number of ether oxygens (including phenoxy) is 2. The summed E-state index contributed by atoms with van der Waals surface area (Å²) in [6.45, 7) is 2.50. The summed E-state index contributed by atoms with van der Waals surface area (Å²) >= 11 is 1.61. The van der Waals surface area contributed by atoms with Gasteiger partial charge in [0.25, 0.3) is 5.91 Å². The first-order valence-electron chi connectivity index (χ1n) is 16.1. The van der Waals surface area contributed by atoms with Crippen molar-refractivity contribution in [2.75, 3.05) is 5.75 Å². The average molecular weight is 673 g/mol. The van der Waals surface area contributed by atoms with E-state index in [2.05, 4.69) is 56.7 Å². The number of benzene rings is 4. The van der Waals surface area contributed by atoms with Crippen LogP contribution in [0.25, 0.3) is 22.2 Å². The molecule has 0 radical (unpaired) electrons. The van der Waals surface area contributed by atoms with Crippen LogP contribution in [0, 0.1) is 5.92 Å². The summed E-state index contributed by atoms with van der Waals surface area (Å²) in [5.41, 5.74) is 7.56. The predicted molar refractivity (Wildman–Crippen MR) is 187 cm³/mol. The molecule has 3 heterocycles. The lowest BCUT2D eigenvalue weighted by Gasteiger charge is -2.41. The second-order valence-corrected chi connectivity index (χ2v) is 13.1. The summed E-state index contributed by atoms with van der Waals surface area (Å²) in [7, 11) is 1.93. The van der Waals surface area contributed by atoms with E-state index in [0.717, 1.165) is 44.1 Å². The Hall–Kier alpha value is -4.94. The molecule has 248 valence electrons. The fourth-order valence-corrected chi connectivity index (χ4v) is 6.95. The molecule has 0 saturated carbocycles. The maximum Gasteiger partial charge on any atom is 0.271 e. The summed E-state index contributed by atoms with van der Waals surface area (Å²) in [5, 5.41) is 21.6. The fourth-order valence-electron chi connectivity index (χ4n) is 5.90. The molecule has 49 heavy (non-hydrogen) atoms. The van der Waals surface area contributed by atoms with Gasteiger partial charge in [0.2, 0.25) is 0 Å². The number of aryl methyl sites for hydroxylation is 1. The van der Waals surface area contributed by atoms with Gasteiger partial charge in [-0.2, -0.15) is 0 Å². The van der Waals surface area contributed by atoms with Gasteiger partial charge in [0, 0.05) is 30.8 Å². The SMILES string of the molecule is C[C@H]1[C@@H](CSc2nncn2C)O[C@@H](c2ccc(-c3cccc(CNC(=O)c4cnc5ccccc5n4)c3)cc2)O[C@H]1c1ccc(CO)cc1. The third-order valence-corrected chi connectivity index (χ3v) is 9.87.